The fourth-order valence-electron chi connectivity index (χ4n) is 4.46. The molecule has 2 aromatic carbocycles. The van der Waals surface area contributed by atoms with E-state index in [0.717, 1.165) is 46.2 Å². The maximum atomic E-state index is 13.1. The third-order valence-electron chi connectivity index (χ3n) is 5.88. The second-order valence-electron chi connectivity index (χ2n) is 8.35. The van der Waals surface area contributed by atoms with Crippen molar-refractivity contribution in [1.29, 1.82) is 0 Å². The third-order valence-corrected chi connectivity index (χ3v) is 6.37. The van der Waals surface area contributed by atoms with Gasteiger partial charge < -0.3 is 15.0 Å². The van der Waals surface area contributed by atoms with Gasteiger partial charge in [-0.3, -0.25) is 9.59 Å². The molecule has 2 amide bonds. The summed E-state index contributed by atoms with van der Waals surface area (Å²) in [6.07, 6.45) is 2.38. The highest BCUT2D eigenvalue weighted by molar-refractivity contribution is 9.10. The van der Waals surface area contributed by atoms with Gasteiger partial charge in [0, 0.05) is 35.1 Å². The minimum atomic E-state index is -0.188. The zero-order valence-corrected chi connectivity index (χ0v) is 19.0. The largest absolute Gasteiger partial charge is 0.493 e. The maximum Gasteiger partial charge on any atom is 0.253 e. The molecule has 2 atom stereocenters. The van der Waals surface area contributed by atoms with E-state index in [-0.39, 0.29) is 23.8 Å². The lowest BCUT2D eigenvalue weighted by Crippen LogP contribution is -2.46. The van der Waals surface area contributed by atoms with E-state index in [1.54, 1.807) is 0 Å². The van der Waals surface area contributed by atoms with Gasteiger partial charge in [0.15, 0.2) is 0 Å². The molecule has 1 fully saturated rings. The number of nitrogens with one attached hydrogen (secondary N) is 1. The molecule has 1 saturated heterocycles. The van der Waals surface area contributed by atoms with E-state index in [9.17, 15) is 9.59 Å². The van der Waals surface area contributed by atoms with Crippen LogP contribution in [0.1, 0.15) is 52.4 Å². The van der Waals surface area contributed by atoms with Crippen LogP contribution in [0.15, 0.2) is 40.9 Å². The molecule has 0 saturated carbocycles. The molecule has 2 aliphatic rings. The Balaban J connectivity index is 1.44. The van der Waals surface area contributed by atoms with Gasteiger partial charge in [-0.1, -0.05) is 33.1 Å². The Labute approximate surface area is 185 Å². The fourth-order valence-corrected chi connectivity index (χ4v) is 4.84. The van der Waals surface area contributed by atoms with Crippen molar-refractivity contribution in [2.75, 3.05) is 19.7 Å². The highest BCUT2D eigenvalue weighted by atomic mass is 79.9. The van der Waals surface area contributed by atoms with E-state index in [1.807, 2.05) is 49.1 Å². The predicted molar refractivity (Wildman–Crippen MR) is 120 cm³/mol. The smallest absolute Gasteiger partial charge is 0.253 e. The Kier molecular flexibility index (Phi) is 6.14. The van der Waals surface area contributed by atoms with Crippen LogP contribution in [0.2, 0.25) is 0 Å². The van der Waals surface area contributed by atoms with Crippen molar-refractivity contribution in [1.82, 2.24) is 10.2 Å². The number of halogens is 1. The average Bonchev–Trinajstić information content (AvgIpc) is 2.73. The second kappa shape index (κ2) is 8.80. The summed E-state index contributed by atoms with van der Waals surface area (Å²) in [5.74, 6) is 0.669. The Bertz CT molecular complexity index is 955. The van der Waals surface area contributed by atoms with Gasteiger partial charge in [-0.15, -0.1) is 0 Å². The number of likely N-dealkylation sites (tertiary alicyclic amines) is 1. The third kappa shape index (κ3) is 4.53. The number of fused-ring (bicyclic) bond motifs is 1. The number of carbonyl (C=O) groups is 2. The summed E-state index contributed by atoms with van der Waals surface area (Å²) >= 11 is 3.50. The Hall–Kier alpha value is -2.34. The molecule has 158 valence electrons. The van der Waals surface area contributed by atoms with E-state index in [2.05, 4.69) is 27.3 Å². The summed E-state index contributed by atoms with van der Waals surface area (Å²) in [4.78, 5) is 27.9. The van der Waals surface area contributed by atoms with Crippen molar-refractivity contribution < 1.29 is 14.3 Å². The van der Waals surface area contributed by atoms with Crippen molar-refractivity contribution >= 4 is 27.7 Å². The molecule has 0 spiro atoms. The number of aryl methyl sites for hydroxylation is 2. The van der Waals surface area contributed by atoms with Crippen LogP contribution >= 0.6 is 15.9 Å². The zero-order valence-electron chi connectivity index (χ0n) is 17.4. The van der Waals surface area contributed by atoms with E-state index in [1.165, 1.54) is 0 Å². The summed E-state index contributed by atoms with van der Waals surface area (Å²) in [7, 11) is 0. The van der Waals surface area contributed by atoms with Crippen molar-refractivity contribution in [2.45, 2.75) is 39.2 Å². The molecular formula is C24H27BrN2O3. The standard InChI is InChI=1S/C24H27BrN2O3/c1-15-10-16(2)12-18(11-15)24(29)27-8-3-4-17(14-27)23(28)26-21-7-9-30-22-6-5-19(25)13-20(21)22/h5-6,10-13,17,21H,3-4,7-9,14H2,1-2H3,(H,26,28). The van der Waals surface area contributed by atoms with Gasteiger partial charge in [0.25, 0.3) is 5.91 Å². The van der Waals surface area contributed by atoms with Crippen molar-refractivity contribution in [3.8, 4) is 5.75 Å². The van der Waals surface area contributed by atoms with Crippen LogP contribution in [0.3, 0.4) is 0 Å². The van der Waals surface area contributed by atoms with E-state index in [0.29, 0.717) is 25.3 Å². The van der Waals surface area contributed by atoms with Crippen LogP contribution in [0.5, 0.6) is 5.75 Å². The molecule has 2 unspecified atom stereocenters. The van der Waals surface area contributed by atoms with Crippen molar-refractivity contribution in [3.05, 3.63) is 63.1 Å². The molecule has 2 aromatic rings. The first-order valence-corrected chi connectivity index (χ1v) is 11.3. The van der Waals surface area contributed by atoms with Gasteiger partial charge in [-0.2, -0.15) is 0 Å². The second-order valence-corrected chi connectivity index (χ2v) is 9.26. The van der Waals surface area contributed by atoms with Gasteiger partial charge in [-0.25, -0.2) is 0 Å². The molecular weight excluding hydrogens is 444 g/mol. The van der Waals surface area contributed by atoms with Crippen molar-refractivity contribution in [2.24, 2.45) is 5.92 Å². The highest BCUT2D eigenvalue weighted by Crippen LogP contribution is 2.34. The number of benzene rings is 2. The molecule has 2 heterocycles. The molecule has 1 N–H and O–H groups in total. The minimum absolute atomic E-state index is 0.0136. The summed E-state index contributed by atoms with van der Waals surface area (Å²) < 4.78 is 6.69. The number of piperidine rings is 1. The molecule has 5 nitrogen and oxygen atoms in total. The van der Waals surface area contributed by atoms with E-state index < -0.39 is 0 Å². The number of amides is 2. The monoisotopic (exact) mass is 470 g/mol. The fraction of sp³-hybridized carbons (Fsp3) is 0.417. The Morgan fingerprint density at radius 2 is 1.87 bits per heavy atom. The van der Waals surface area contributed by atoms with Crippen molar-refractivity contribution in [3.63, 3.8) is 0 Å². The molecule has 30 heavy (non-hydrogen) atoms. The van der Waals surface area contributed by atoms with Crippen LogP contribution in [-0.4, -0.2) is 36.4 Å². The Morgan fingerprint density at radius 3 is 2.63 bits per heavy atom. The normalized spacial score (nSPS) is 20.8. The molecule has 6 heteroatoms. The first-order valence-electron chi connectivity index (χ1n) is 10.5. The Morgan fingerprint density at radius 1 is 1.10 bits per heavy atom. The summed E-state index contributed by atoms with van der Waals surface area (Å²) in [5.41, 5.74) is 3.86. The summed E-state index contributed by atoms with van der Waals surface area (Å²) in [5, 5.41) is 3.21. The van der Waals surface area contributed by atoms with E-state index in [4.69, 9.17) is 4.74 Å². The lowest BCUT2D eigenvalue weighted by Gasteiger charge is -2.34. The lowest BCUT2D eigenvalue weighted by molar-refractivity contribution is -0.127. The molecule has 0 radical (unpaired) electrons. The number of hydrogen-bond acceptors (Lipinski definition) is 3. The first kappa shape index (κ1) is 20.9. The van der Waals surface area contributed by atoms with Gasteiger partial charge in [0.2, 0.25) is 5.91 Å². The topological polar surface area (TPSA) is 58.6 Å². The van der Waals surface area contributed by atoms with Gasteiger partial charge >= 0.3 is 0 Å². The SMILES string of the molecule is Cc1cc(C)cc(C(=O)N2CCCC(C(=O)NC3CCOc4ccc(Br)cc43)C2)c1. The zero-order chi connectivity index (χ0) is 21.3. The van der Waals surface area contributed by atoms with Crippen LogP contribution in [-0.2, 0) is 4.79 Å². The lowest BCUT2D eigenvalue weighted by atomic mass is 9.94. The number of carbonyl (C=O) groups excluding carboxylic acids is 2. The number of nitrogens with zero attached hydrogens (tertiary/aromatic N) is 1. The predicted octanol–water partition coefficient (Wildman–Crippen LogP) is 4.56. The number of ether oxygens (including phenoxy) is 1. The highest BCUT2D eigenvalue weighted by Gasteiger charge is 2.31. The van der Waals surface area contributed by atoms with Crippen LogP contribution in [0.25, 0.3) is 0 Å². The van der Waals surface area contributed by atoms with Gasteiger partial charge in [0.1, 0.15) is 5.75 Å². The molecule has 4 rings (SSSR count). The van der Waals surface area contributed by atoms with Gasteiger partial charge in [0.05, 0.1) is 18.6 Å². The molecule has 0 bridgehead atoms. The van der Waals surface area contributed by atoms with Crippen LogP contribution in [0.4, 0.5) is 0 Å². The number of hydrogen-bond donors (Lipinski definition) is 1. The summed E-state index contributed by atoms with van der Waals surface area (Å²) in [6.45, 7) is 5.75. The van der Waals surface area contributed by atoms with Crippen LogP contribution < -0.4 is 10.1 Å². The van der Waals surface area contributed by atoms with E-state index >= 15 is 0 Å². The van der Waals surface area contributed by atoms with Gasteiger partial charge in [-0.05, 0) is 57.0 Å². The average molecular weight is 471 g/mol. The first-order chi connectivity index (χ1) is 14.4. The summed E-state index contributed by atoms with van der Waals surface area (Å²) in [6, 6.07) is 11.7. The minimum Gasteiger partial charge on any atom is -0.493 e. The maximum absolute atomic E-state index is 13.1. The quantitative estimate of drug-likeness (QED) is 0.714. The molecule has 0 aliphatic carbocycles. The number of rotatable bonds is 3. The molecule has 2 aliphatic heterocycles. The van der Waals surface area contributed by atoms with Crippen LogP contribution in [0, 0.1) is 19.8 Å². The molecule has 0 aromatic heterocycles.